The van der Waals surface area contributed by atoms with Gasteiger partial charge in [0.05, 0.1) is 13.0 Å². The maximum absolute atomic E-state index is 5.31. The third-order valence-corrected chi connectivity index (χ3v) is 4.66. The summed E-state index contributed by atoms with van der Waals surface area (Å²) in [5.74, 6) is 1.05. The van der Waals surface area contributed by atoms with Crippen molar-refractivity contribution in [1.29, 1.82) is 0 Å². The van der Waals surface area contributed by atoms with Gasteiger partial charge in [-0.25, -0.2) is 0 Å². The van der Waals surface area contributed by atoms with E-state index in [0.29, 0.717) is 0 Å². The number of aryl methyl sites for hydroxylation is 1. The number of aromatic nitrogens is 2. The summed E-state index contributed by atoms with van der Waals surface area (Å²) in [6, 6.07) is 21.1. The van der Waals surface area contributed by atoms with Gasteiger partial charge in [0.25, 0.3) is 0 Å². The van der Waals surface area contributed by atoms with Crippen LogP contribution in [0.5, 0.6) is 5.75 Å². The van der Waals surface area contributed by atoms with Gasteiger partial charge in [0.2, 0.25) is 0 Å². The number of nitrogens with zero attached hydrogens (tertiary/aromatic N) is 1. The summed E-state index contributed by atoms with van der Waals surface area (Å²) in [6.07, 6.45) is 4.23. The minimum absolute atomic E-state index is 0.173. The fraction of sp³-hybridized carbons (Fsp3) is 0.143. The van der Waals surface area contributed by atoms with E-state index in [1.807, 2.05) is 12.1 Å². The second-order valence-electron chi connectivity index (χ2n) is 6.04. The smallest absolute Gasteiger partial charge is 0.118 e. The molecule has 0 fully saturated rings. The highest BCUT2D eigenvalue weighted by atomic mass is 16.5. The molecular formula is C21H20N2O. The molecule has 0 bridgehead atoms. The SMILES string of the molecule is COc1ccc(C(c2c[nH]c3ccccc23)c2cccn2C)cc1. The zero-order valence-electron chi connectivity index (χ0n) is 13.9. The van der Waals surface area contributed by atoms with Crippen LogP contribution in [0.4, 0.5) is 0 Å². The van der Waals surface area contributed by atoms with Gasteiger partial charge in [-0.1, -0.05) is 30.3 Å². The summed E-state index contributed by atoms with van der Waals surface area (Å²) in [4.78, 5) is 3.41. The summed E-state index contributed by atoms with van der Waals surface area (Å²) in [6.45, 7) is 0. The second kappa shape index (κ2) is 5.93. The average molecular weight is 316 g/mol. The standard InChI is InChI=1S/C21H20N2O/c1-23-13-5-8-20(23)21(15-9-11-16(24-2)12-10-15)18-14-22-19-7-4-3-6-17(18)19/h3-14,21-22H,1-2H3. The molecule has 2 aromatic carbocycles. The summed E-state index contributed by atoms with van der Waals surface area (Å²) < 4.78 is 7.50. The highest BCUT2D eigenvalue weighted by Crippen LogP contribution is 2.36. The van der Waals surface area contributed by atoms with Crippen molar-refractivity contribution in [2.45, 2.75) is 5.92 Å². The number of aromatic amines is 1. The molecule has 0 radical (unpaired) electrons. The van der Waals surface area contributed by atoms with Gasteiger partial charge in [-0.3, -0.25) is 0 Å². The lowest BCUT2D eigenvalue weighted by atomic mass is 9.88. The third kappa shape index (κ3) is 2.38. The zero-order valence-corrected chi connectivity index (χ0v) is 13.9. The molecule has 0 aliphatic heterocycles. The van der Waals surface area contributed by atoms with E-state index in [-0.39, 0.29) is 5.92 Å². The van der Waals surface area contributed by atoms with E-state index in [1.165, 1.54) is 27.7 Å². The number of H-pyrrole nitrogens is 1. The van der Waals surface area contributed by atoms with Crippen molar-refractivity contribution in [3.8, 4) is 5.75 Å². The molecule has 0 saturated heterocycles. The van der Waals surface area contributed by atoms with Crippen LogP contribution in [0.3, 0.4) is 0 Å². The van der Waals surface area contributed by atoms with Crippen molar-refractivity contribution < 1.29 is 4.74 Å². The van der Waals surface area contributed by atoms with Crippen molar-refractivity contribution in [1.82, 2.24) is 9.55 Å². The zero-order chi connectivity index (χ0) is 16.5. The predicted octanol–water partition coefficient (Wildman–Crippen LogP) is 4.70. The van der Waals surface area contributed by atoms with Gasteiger partial charge in [0.15, 0.2) is 0 Å². The van der Waals surface area contributed by atoms with Crippen molar-refractivity contribution in [2.75, 3.05) is 7.11 Å². The number of para-hydroxylation sites is 1. The number of hydrogen-bond donors (Lipinski definition) is 1. The molecule has 0 saturated carbocycles. The van der Waals surface area contributed by atoms with E-state index in [9.17, 15) is 0 Å². The van der Waals surface area contributed by atoms with E-state index in [0.717, 1.165) is 5.75 Å². The van der Waals surface area contributed by atoms with Gasteiger partial charge in [-0.05, 0) is 41.5 Å². The summed E-state index contributed by atoms with van der Waals surface area (Å²) >= 11 is 0. The van der Waals surface area contributed by atoms with E-state index in [2.05, 4.69) is 77.5 Å². The lowest BCUT2D eigenvalue weighted by molar-refractivity contribution is 0.414. The molecule has 0 aliphatic rings. The Morgan fingerprint density at radius 2 is 1.75 bits per heavy atom. The largest absolute Gasteiger partial charge is 0.497 e. The number of nitrogens with one attached hydrogen (secondary N) is 1. The Morgan fingerprint density at radius 3 is 2.46 bits per heavy atom. The van der Waals surface area contributed by atoms with Gasteiger partial charge >= 0.3 is 0 Å². The first-order valence-electron chi connectivity index (χ1n) is 8.09. The average Bonchev–Trinajstić information content (AvgIpc) is 3.23. The van der Waals surface area contributed by atoms with Crippen LogP contribution in [0.25, 0.3) is 10.9 Å². The molecule has 2 heterocycles. The molecule has 4 aromatic rings. The van der Waals surface area contributed by atoms with Crippen molar-refractivity contribution in [3.63, 3.8) is 0 Å². The Bertz CT molecular complexity index is 963. The van der Waals surface area contributed by atoms with E-state index >= 15 is 0 Å². The van der Waals surface area contributed by atoms with Crippen LogP contribution in [0.15, 0.2) is 73.1 Å². The lowest BCUT2D eigenvalue weighted by Crippen LogP contribution is -2.07. The lowest BCUT2D eigenvalue weighted by Gasteiger charge is -2.19. The molecule has 4 rings (SSSR count). The molecular weight excluding hydrogens is 296 g/mol. The molecule has 0 spiro atoms. The van der Waals surface area contributed by atoms with Crippen molar-refractivity contribution in [2.24, 2.45) is 7.05 Å². The normalized spacial score (nSPS) is 12.4. The number of methoxy groups -OCH3 is 1. The van der Waals surface area contributed by atoms with Crippen LogP contribution < -0.4 is 4.74 Å². The molecule has 0 amide bonds. The van der Waals surface area contributed by atoms with Gasteiger partial charge in [-0.15, -0.1) is 0 Å². The van der Waals surface area contributed by atoms with E-state index in [1.54, 1.807) is 7.11 Å². The van der Waals surface area contributed by atoms with Crippen molar-refractivity contribution in [3.05, 3.63) is 89.9 Å². The van der Waals surface area contributed by atoms with Crippen LogP contribution in [-0.4, -0.2) is 16.7 Å². The minimum atomic E-state index is 0.173. The Labute approximate surface area is 141 Å². The Balaban J connectivity index is 1.92. The predicted molar refractivity (Wildman–Crippen MR) is 97.7 cm³/mol. The number of fused-ring (bicyclic) bond motifs is 1. The Morgan fingerprint density at radius 1 is 0.958 bits per heavy atom. The maximum atomic E-state index is 5.31. The number of benzene rings is 2. The number of hydrogen-bond acceptors (Lipinski definition) is 1. The van der Waals surface area contributed by atoms with Crippen molar-refractivity contribution >= 4 is 10.9 Å². The summed E-state index contributed by atoms with van der Waals surface area (Å²) in [5, 5.41) is 1.26. The quantitative estimate of drug-likeness (QED) is 0.581. The van der Waals surface area contributed by atoms with Crippen LogP contribution in [0.1, 0.15) is 22.7 Å². The van der Waals surface area contributed by atoms with E-state index in [4.69, 9.17) is 4.74 Å². The first-order valence-corrected chi connectivity index (χ1v) is 8.09. The highest BCUT2D eigenvalue weighted by molar-refractivity contribution is 5.84. The van der Waals surface area contributed by atoms with Crippen LogP contribution in [-0.2, 0) is 7.05 Å². The molecule has 1 atom stereocenters. The number of ether oxygens (including phenoxy) is 1. The van der Waals surface area contributed by atoms with Gasteiger partial charge < -0.3 is 14.3 Å². The minimum Gasteiger partial charge on any atom is -0.497 e. The number of rotatable bonds is 4. The van der Waals surface area contributed by atoms with Crippen LogP contribution in [0, 0.1) is 0 Å². The van der Waals surface area contributed by atoms with Gasteiger partial charge in [0, 0.05) is 36.0 Å². The summed E-state index contributed by atoms with van der Waals surface area (Å²) in [7, 11) is 3.80. The first-order chi connectivity index (χ1) is 11.8. The first kappa shape index (κ1) is 14.6. The van der Waals surface area contributed by atoms with E-state index < -0.39 is 0 Å². The molecule has 2 aromatic heterocycles. The van der Waals surface area contributed by atoms with Gasteiger partial charge in [-0.2, -0.15) is 0 Å². The topological polar surface area (TPSA) is 29.9 Å². The molecule has 0 aliphatic carbocycles. The fourth-order valence-corrected chi connectivity index (χ4v) is 3.41. The molecule has 1 unspecified atom stereocenters. The van der Waals surface area contributed by atoms with Gasteiger partial charge in [0.1, 0.15) is 5.75 Å². The molecule has 24 heavy (non-hydrogen) atoms. The Kier molecular flexibility index (Phi) is 3.62. The monoisotopic (exact) mass is 316 g/mol. The second-order valence-corrected chi connectivity index (χ2v) is 6.04. The maximum Gasteiger partial charge on any atom is 0.118 e. The van der Waals surface area contributed by atoms with Crippen LogP contribution in [0.2, 0.25) is 0 Å². The molecule has 3 nitrogen and oxygen atoms in total. The molecule has 1 N–H and O–H groups in total. The molecule has 3 heteroatoms. The molecule has 120 valence electrons. The van der Waals surface area contributed by atoms with Crippen LogP contribution >= 0.6 is 0 Å². The highest BCUT2D eigenvalue weighted by Gasteiger charge is 2.22. The fourth-order valence-electron chi connectivity index (χ4n) is 3.41. The summed E-state index contributed by atoms with van der Waals surface area (Å²) in [5.41, 5.74) is 4.98. The third-order valence-electron chi connectivity index (χ3n) is 4.66. The Hall–Kier alpha value is -2.94.